The highest BCUT2D eigenvalue weighted by molar-refractivity contribution is 7.90. The Morgan fingerprint density at radius 1 is 1.15 bits per heavy atom. The first-order valence-electron chi connectivity index (χ1n) is 13.1. The van der Waals surface area contributed by atoms with Crippen molar-refractivity contribution in [2.24, 2.45) is 11.7 Å². The highest BCUT2D eigenvalue weighted by Gasteiger charge is 2.36. The van der Waals surface area contributed by atoms with Crippen LogP contribution in [0.25, 0.3) is 16.8 Å². The van der Waals surface area contributed by atoms with Gasteiger partial charge in [0.05, 0.1) is 53.3 Å². The Morgan fingerprint density at radius 2 is 1.90 bits per heavy atom. The molecule has 1 aromatic carbocycles. The predicted octanol–water partition coefficient (Wildman–Crippen LogP) is 4.39. The predicted molar refractivity (Wildman–Crippen MR) is 149 cm³/mol. The molecule has 1 saturated carbocycles. The number of aromatic nitrogens is 4. The monoisotopic (exact) mass is 570 g/mol. The first-order valence-corrected chi connectivity index (χ1v) is 15.1. The minimum atomic E-state index is -3.12. The Hall–Kier alpha value is -3.48. The molecule has 1 fully saturated rings. The lowest BCUT2D eigenvalue weighted by molar-refractivity contribution is -0.0152. The van der Waals surface area contributed by atoms with Crippen molar-refractivity contribution in [2.75, 3.05) is 23.9 Å². The summed E-state index contributed by atoms with van der Waals surface area (Å²) in [5, 5.41) is 7.79. The number of benzene rings is 1. The van der Waals surface area contributed by atoms with Crippen LogP contribution >= 0.6 is 0 Å². The average molecular weight is 571 g/mol. The summed E-state index contributed by atoms with van der Waals surface area (Å²) in [6.07, 6.45) is 7.41. The second kappa shape index (κ2) is 11.2. The first kappa shape index (κ1) is 28.1. The van der Waals surface area contributed by atoms with Crippen LogP contribution in [0.15, 0.2) is 48.9 Å². The number of aryl methyl sites for hydroxylation is 1. The number of hydrogen-bond donors (Lipinski definition) is 2. The van der Waals surface area contributed by atoms with E-state index in [9.17, 15) is 17.2 Å². The number of nitrogens with one attached hydrogen (secondary N) is 1. The van der Waals surface area contributed by atoms with Crippen molar-refractivity contribution in [1.82, 2.24) is 19.6 Å². The van der Waals surface area contributed by atoms with Gasteiger partial charge < -0.3 is 15.8 Å². The largest absolute Gasteiger partial charge is 0.375 e. The summed E-state index contributed by atoms with van der Waals surface area (Å²) < 4.78 is 59.7. The highest BCUT2D eigenvalue weighted by Crippen LogP contribution is 2.40. The lowest BCUT2D eigenvalue weighted by atomic mass is 9.74. The number of anilines is 2. The molecule has 4 atom stereocenters. The summed E-state index contributed by atoms with van der Waals surface area (Å²) in [5.74, 6) is -0.845. The van der Waals surface area contributed by atoms with Gasteiger partial charge in [0, 0.05) is 18.5 Å². The van der Waals surface area contributed by atoms with Crippen LogP contribution in [0.3, 0.4) is 0 Å². The zero-order valence-corrected chi connectivity index (χ0v) is 23.3. The number of hydrogen-bond acceptors (Lipinski definition) is 8. The molecule has 12 heteroatoms. The van der Waals surface area contributed by atoms with Crippen LogP contribution in [-0.4, -0.2) is 58.8 Å². The van der Waals surface area contributed by atoms with Crippen LogP contribution in [0.1, 0.15) is 36.8 Å². The molecule has 0 unspecified atom stereocenters. The molecule has 1 aliphatic rings. The van der Waals surface area contributed by atoms with Crippen LogP contribution in [0, 0.1) is 24.5 Å². The van der Waals surface area contributed by atoms with Crippen molar-refractivity contribution in [1.29, 1.82) is 0 Å². The van der Waals surface area contributed by atoms with Gasteiger partial charge in [0.1, 0.15) is 21.5 Å². The highest BCUT2D eigenvalue weighted by atomic mass is 32.2. The normalized spacial score (nSPS) is 21.6. The maximum Gasteiger partial charge on any atom is 0.229 e. The maximum atomic E-state index is 14.7. The van der Waals surface area contributed by atoms with Crippen molar-refractivity contribution < 1.29 is 21.9 Å². The molecule has 212 valence electrons. The summed E-state index contributed by atoms with van der Waals surface area (Å²) in [6.45, 7) is 3.80. The first-order chi connectivity index (χ1) is 19.0. The van der Waals surface area contributed by atoms with Gasteiger partial charge in [-0.1, -0.05) is 6.92 Å². The molecular formula is C28H32F2N6O3S. The van der Waals surface area contributed by atoms with Gasteiger partial charge in [-0.15, -0.1) is 0 Å². The molecule has 3 N–H and O–H groups in total. The van der Waals surface area contributed by atoms with E-state index in [2.05, 4.69) is 27.3 Å². The fourth-order valence-corrected chi connectivity index (χ4v) is 5.87. The van der Waals surface area contributed by atoms with Crippen molar-refractivity contribution in [3.05, 3.63) is 71.7 Å². The van der Waals surface area contributed by atoms with E-state index in [1.54, 1.807) is 37.6 Å². The number of sulfone groups is 1. The third kappa shape index (κ3) is 5.98. The number of rotatable bonds is 8. The van der Waals surface area contributed by atoms with E-state index in [0.29, 0.717) is 23.4 Å². The average Bonchev–Trinajstić information content (AvgIpc) is 3.26. The molecular weight excluding hydrogens is 538 g/mol. The van der Waals surface area contributed by atoms with Crippen molar-refractivity contribution in [2.45, 2.75) is 44.8 Å². The molecule has 0 amide bonds. The molecule has 3 aromatic heterocycles. The number of fused-ring (bicyclic) bond motifs is 1. The second-order valence-corrected chi connectivity index (χ2v) is 12.9. The van der Waals surface area contributed by atoms with Crippen LogP contribution in [0.2, 0.25) is 0 Å². The maximum absolute atomic E-state index is 14.7. The van der Waals surface area contributed by atoms with Gasteiger partial charge in [-0.25, -0.2) is 22.2 Å². The van der Waals surface area contributed by atoms with Gasteiger partial charge in [0.2, 0.25) is 5.95 Å². The SMILES string of the molecule is Cc1cc(F)c(-c2ccc3cnc(Nc4cnccc4[C@H]4C[C@@H](N)[C@@H](OCCS(C)(=O)=O)[C@@H](C)C4)n3n2)c(F)c1. The molecule has 0 saturated heterocycles. The quantitative estimate of drug-likeness (QED) is 0.320. The van der Waals surface area contributed by atoms with E-state index in [-0.39, 0.29) is 47.6 Å². The van der Waals surface area contributed by atoms with Crippen LogP contribution in [-0.2, 0) is 14.6 Å². The fourth-order valence-electron chi connectivity index (χ4n) is 5.47. The summed E-state index contributed by atoms with van der Waals surface area (Å²) in [5.41, 5.74) is 9.30. The number of imidazole rings is 1. The Kier molecular flexibility index (Phi) is 7.85. The number of nitrogens with two attached hydrogens (primary N) is 1. The number of pyridine rings is 1. The zero-order valence-electron chi connectivity index (χ0n) is 22.5. The minimum absolute atomic E-state index is 0.0397. The molecule has 40 heavy (non-hydrogen) atoms. The minimum Gasteiger partial charge on any atom is -0.375 e. The zero-order chi connectivity index (χ0) is 28.6. The number of ether oxygens (including phenoxy) is 1. The van der Waals surface area contributed by atoms with Gasteiger partial charge in [0.25, 0.3) is 0 Å². The van der Waals surface area contributed by atoms with Gasteiger partial charge in [-0.2, -0.15) is 9.61 Å². The number of nitrogens with zero attached hydrogens (tertiary/aromatic N) is 4. The summed E-state index contributed by atoms with van der Waals surface area (Å²) in [7, 11) is -3.12. The Balaban J connectivity index is 1.39. The van der Waals surface area contributed by atoms with E-state index in [4.69, 9.17) is 10.5 Å². The Morgan fingerprint density at radius 3 is 2.60 bits per heavy atom. The van der Waals surface area contributed by atoms with Crippen molar-refractivity contribution in [3.63, 3.8) is 0 Å². The smallest absolute Gasteiger partial charge is 0.229 e. The van der Waals surface area contributed by atoms with E-state index in [1.807, 2.05) is 6.07 Å². The fraction of sp³-hybridized carbons (Fsp3) is 0.393. The molecule has 4 aromatic rings. The van der Waals surface area contributed by atoms with E-state index < -0.39 is 21.5 Å². The molecule has 0 aliphatic heterocycles. The van der Waals surface area contributed by atoms with Crippen LogP contribution < -0.4 is 11.1 Å². The molecule has 9 nitrogen and oxygen atoms in total. The van der Waals surface area contributed by atoms with Gasteiger partial charge >= 0.3 is 0 Å². The summed E-state index contributed by atoms with van der Waals surface area (Å²) >= 11 is 0. The Bertz CT molecular complexity index is 1610. The standard InChI is InChI=1S/C28H32F2N6O3S/c1-16-10-21(29)26(22(30)11-16)24-5-4-19-14-33-28(36(19)35-24)34-25-15-32-7-6-20(25)18-12-17(2)27(23(31)13-18)39-8-9-40(3,37)38/h4-7,10-11,14-15,17-18,23,27H,8-9,12-13,31H2,1-3H3,(H,33,34)/t17-,18+,23+,27-/m0/s1. The van der Waals surface area contributed by atoms with Crippen molar-refractivity contribution in [3.8, 4) is 11.3 Å². The third-order valence-electron chi connectivity index (χ3n) is 7.33. The molecule has 0 radical (unpaired) electrons. The van der Waals surface area contributed by atoms with Gasteiger partial charge in [-0.05, 0) is 73.1 Å². The molecule has 5 rings (SSSR count). The van der Waals surface area contributed by atoms with E-state index in [1.165, 1.54) is 22.9 Å². The van der Waals surface area contributed by atoms with Gasteiger partial charge in [0.15, 0.2) is 0 Å². The van der Waals surface area contributed by atoms with Crippen LogP contribution in [0.4, 0.5) is 20.4 Å². The summed E-state index contributed by atoms with van der Waals surface area (Å²) in [6, 6.07) is 7.47. The third-order valence-corrected chi connectivity index (χ3v) is 8.24. The van der Waals surface area contributed by atoms with E-state index >= 15 is 0 Å². The summed E-state index contributed by atoms with van der Waals surface area (Å²) in [4.78, 5) is 8.73. The lowest BCUT2D eigenvalue weighted by Crippen LogP contribution is -2.47. The van der Waals surface area contributed by atoms with Gasteiger partial charge in [-0.3, -0.25) is 4.98 Å². The van der Waals surface area contributed by atoms with Crippen LogP contribution in [0.5, 0.6) is 0 Å². The van der Waals surface area contributed by atoms with Crippen molar-refractivity contribution >= 4 is 27.0 Å². The van der Waals surface area contributed by atoms with E-state index in [0.717, 1.165) is 17.7 Å². The topological polar surface area (TPSA) is 124 Å². The number of halogens is 2. The Labute approximate surface area is 231 Å². The second-order valence-electron chi connectivity index (χ2n) is 10.6. The molecule has 0 bridgehead atoms. The lowest BCUT2D eigenvalue weighted by Gasteiger charge is -2.39. The molecule has 1 aliphatic carbocycles. The molecule has 3 heterocycles. The molecule has 0 spiro atoms.